The van der Waals surface area contributed by atoms with Gasteiger partial charge in [-0.05, 0) is 62.9 Å². The molecule has 2 bridgehead atoms. The highest BCUT2D eigenvalue weighted by atomic mass is 19.1. The Hall–Kier alpha value is -3.68. The van der Waals surface area contributed by atoms with Crippen molar-refractivity contribution in [2.75, 3.05) is 18.8 Å². The second-order valence-corrected chi connectivity index (χ2v) is 8.50. The van der Waals surface area contributed by atoms with E-state index in [0.29, 0.717) is 40.7 Å². The molecular formula is C25H29FN6O. The first-order valence-corrected chi connectivity index (χ1v) is 11.1. The van der Waals surface area contributed by atoms with Gasteiger partial charge in [-0.25, -0.2) is 9.37 Å². The van der Waals surface area contributed by atoms with Crippen molar-refractivity contribution in [2.45, 2.75) is 32.8 Å². The molecule has 2 aliphatic rings. The Labute approximate surface area is 193 Å². The zero-order valence-electron chi connectivity index (χ0n) is 18.8. The third kappa shape index (κ3) is 5.05. The van der Waals surface area contributed by atoms with Crippen LogP contribution in [0.2, 0.25) is 0 Å². The van der Waals surface area contributed by atoms with Crippen LogP contribution in [0.15, 0.2) is 42.1 Å². The van der Waals surface area contributed by atoms with Gasteiger partial charge in [-0.1, -0.05) is 0 Å². The zero-order chi connectivity index (χ0) is 23.5. The molecule has 1 aliphatic heterocycles. The van der Waals surface area contributed by atoms with Crippen molar-refractivity contribution >= 4 is 29.1 Å². The molecule has 7 nitrogen and oxygen atoms in total. The van der Waals surface area contributed by atoms with E-state index in [2.05, 4.69) is 15.6 Å². The van der Waals surface area contributed by atoms with Crippen LogP contribution in [0.1, 0.15) is 49.5 Å². The minimum atomic E-state index is -0.527. The lowest BCUT2D eigenvalue weighted by Crippen LogP contribution is -2.26. The van der Waals surface area contributed by atoms with Gasteiger partial charge in [-0.2, -0.15) is 0 Å². The largest absolute Gasteiger partial charge is 0.482 e. The Bertz CT molecular complexity index is 1150. The Morgan fingerprint density at radius 3 is 2.85 bits per heavy atom. The summed E-state index contributed by atoms with van der Waals surface area (Å²) in [6.45, 7) is 4.73. The van der Waals surface area contributed by atoms with E-state index in [1.165, 1.54) is 31.2 Å². The van der Waals surface area contributed by atoms with Gasteiger partial charge in [0.05, 0.1) is 0 Å². The minimum Gasteiger partial charge on any atom is -0.482 e. The summed E-state index contributed by atoms with van der Waals surface area (Å²) in [4.78, 5) is 4.34. The fourth-order valence-electron chi connectivity index (χ4n) is 3.93. The van der Waals surface area contributed by atoms with E-state index in [0.717, 1.165) is 23.4 Å². The van der Waals surface area contributed by atoms with Crippen LogP contribution < -0.4 is 21.1 Å². The number of nitrogen functional groups attached to an aromatic ring is 1. The highest BCUT2D eigenvalue weighted by Gasteiger charge is 2.24. The van der Waals surface area contributed by atoms with Gasteiger partial charge in [0.25, 0.3) is 0 Å². The maximum absolute atomic E-state index is 14.2. The molecule has 8 heteroatoms. The van der Waals surface area contributed by atoms with Crippen LogP contribution in [0.25, 0.3) is 11.4 Å². The molecule has 0 saturated heterocycles. The van der Waals surface area contributed by atoms with Crippen molar-refractivity contribution in [3.05, 3.63) is 64.6 Å². The van der Waals surface area contributed by atoms with E-state index in [1.54, 1.807) is 25.3 Å². The molecule has 1 aromatic heterocycles. The number of rotatable bonds is 5. The summed E-state index contributed by atoms with van der Waals surface area (Å²) < 4.78 is 20.4. The van der Waals surface area contributed by atoms with E-state index >= 15 is 0 Å². The maximum Gasteiger partial charge on any atom is 0.166 e. The minimum absolute atomic E-state index is 0.240. The van der Waals surface area contributed by atoms with Gasteiger partial charge in [0.2, 0.25) is 0 Å². The standard InChI is InChI=1S/C25H29FN6O/c1-14(28)21-13-30-22(7-8-27)19-6-5-18(26)10-20(19)15(2)33-23-9-17(12-32-25(23)29)24(21)31-11-16-3-4-16/h5-10,12,15-16,27-28,30-31H,3-4,11,13H2,1-2H3,(H2,29,32)/b22-7-,24-21-,27-8?,28-14?/t15-/m1/s1. The van der Waals surface area contributed by atoms with Crippen LogP contribution in [0.5, 0.6) is 5.75 Å². The van der Waals surface area contributed by atoms with Crippen LogP contribution in [0.4, 0.5) is 10.2 Å². The van der Waals surface area contributed by atoms with E-state index in [4.69, 9.17) is 21.3 Å². The topological polar surface area (TPSA) is 120 Å². The number of nitrogens with one attached hydrogen (secondary N) is 4. The summed E-state index contributed by atoms with van der Waals surface area (Å²) in [5.74, 6) is 0.886. The van der Waals surface area contributed by atoms with E-state index in [9.17, 15) is 4.39 Å². The average molecular weight is 449 g/mol. The second kappa shape index (κ2) is 9.44. The van der Waals surface area contributed by atoms with Gasteiger partial charge in [0, 0.05) is 64.9 Å². The summed E-state index contributed by atoms with van der Waals surface area (Å²) in [5, 5.41) is 23.0. The molecule has 4 rings (SSSR count). The Balaban J connectivity index is 1.89. The molecule has 1 fully saturated rings. The lowest BCUT2D eigenvalue weighted by molar-refractivity contribution is 0.226. The number of nitrogens with zero attached hydrogens (tertiary/aromatic N) is 1. The molecule has 1 saturated carbocycles. The third-order valence-electron chi connectivity index (χ3n) is 5.94. The predicted molar refractivity (Wildman–Crippen MR) is 130 cm³/mol. The average Bonchev–Trinajstić information content (AvgIpc) is 3.60. The summed E-state index contributed by atoms with van der Waals surface area (Å²) in [5.41, 5.74) is 10.8. The maximum atomic E-state index is 14.2. The molecule has 0 radical (unpaired) electrons. The number of halogens is 1. The first kappa shape index (κ1) is 22.5. The summed E-state index contributed by atoms with van der Waals surface area (Å²) in [6.07, 6.45) is 6.36. The summed E-state index contributed by atoms with van der Waals surface area (Å²) in [7, 11) is 0. The van der Waals surface area contributed by atoms with Crippen LogP contribution in [-0.4, -0.2) is 30.0 Å². The predicted octanol–water partition coefficient (Wildman–Crippen LogP) is 4.29. The molecule has 2 aromatic rings. The number of nitrogens with two attached hydrogens (primary N) is 1. The van der Waals surface area contributed by atoms with Crippen molar-refractivity contribution in [1.29, 1.82) is 10.8 Å². The third-order valence-corrected chi connectivity index (χ3v) is 5.94. The number of fused-ring (bicyclic) bond motifs is 3. The zero-order valence-corrected chi connectivity index (χ0v) is 18.8. The van der Waals surface area contributed by atoms with Gasteiger partial charge < -0.3 is 31.9 Å². The number of benzene rings is 1. The SMILES string of the molecule is CC(=N)/C1=C(\NCC2CC2)c2cnc(N)c(c2)O[C@H](C)c2cc(F)ccc2/C(=C/C=N)NC1. The number of anilines is 1. The van der Waals surface area contributed by atoms with E-state index < -0.39 is 6.10 Å². The van der Waals surface area contributed by atoms with Crippen molar-refractivity contribution in [3.8, 4) is 5.75 Å². The first-order valence-electron chi connectivity index (χ1n) is 11.1. The first-order chi connectivity index (χ1) is 15.9. The number of hydrogen-bond acceptors (Lipinski definition) is 7. The summed E-state index contributed by atoms with van der Waals surface area (Å²) >= 11 is 0. The van der Waals surface area contributed by atoms with Crippen molar-refractivity contribution in [2.24, 2.45) is 5.92 Å². The van der Waals surface area contributed by atoms with Crippen molar-refractivity contribution in [3.63, 3.8) is 0 Å². The van der Waals surface area contributed by atoms with Crippen LogP contribution >= 0.6 is 0 Å². The van der Waals surface area contributed by atoms with E-state index in [-0.39, 0.29) is 11.6 Å². The molecule has 1 aromatic carbocycles. The van der Waals surface area contributed by atoms with Gasteiger partial charge in [-0.3, -0.25) is 0 Å². The molecule has 2 heterocycles. The molecule has 172 valence electrons. The molecule has 1 atom stereocenters. The molecule has 0 spiro atoms. The molecule has 1 aliphatic carbocycles. The molecular weight excluding hydrogens is 419 g/mol. The smallest absolute Gasteiger partial charge is 0.166 e. The Morgan fingerprint density at radius 2 is 2.15 bits per heavy atom. The Kier molecular flexibility index (Phi) is 6.44. The second-order valence-electron chi connectivity index (χ2n) is 8.50. The van der Waals surface area contributed by atoms with Gasteiger partial charge >= 0.3 is 0 Å². The summed E-state index contributed by atoms with van der Waals surface area (Å²) in [6, 6.07) is 6.31. The van der Waals surface area contributed by atoms with E-state index in [1.807, 2.05) is 13.0 Å². The number of pyridine rings is 1. The molecule has 6 N–H and O–H groups in total. The molecule has 0 amide bonds. The fraction of sp³-hybridized carbons (Fsp3) is 0.320. The van der Waals surface area contributed by atoms with Crippen molar-refractivity contribution < 1.29 is 9.13 Å². The van der Waals surface area contributed by atoms with Crippen LogP contribution in [0, 0.1) is 22.6 Å². The lowest BCUT2D eigenvalue weighted by atomic mass is 9.98. The highest BCUT2D eigenvalue weighted by molar-refractivity contribution is 6.03. The van der Waals surface area contributed by atoms with Crippen LogP contribution in [0.3, 0.4) is 0 Å². The number of allylic oxidation sites excluding steroid dienone is 1. The van der Waals surface area contributed by atoms with Gasteiger partial charge in [0.15, 0.2) is 11.6 Å². The van der Waals surface area contributed by atoms with Gasteiger partial charge in [-0.15, -0.1) is 0 Å². The lowest BCUT2D eigenvalue weighted by Gasteiger charge is -2.25. The van der Waals surface area contributed by atoms with Crippen molar-refractivity contribution in [1.82, 2.24) is 15.6 Å². The van der Waals surface area contributed by atoms with Gasteiger partial charge in [0.1, 0.15) is 11.9 Å². The molecule has 0 unspecified atom stereocenters. The van der Waals surface area contributed by atoms with Crippen LogP contribution in [-0.2, 0) is 0 Å². The normalized spacial score (nSPS) is 21.7. The fourth-order valence-corrected chi connectivity index (χ4v) is 3.93. The number of aromatic nitrogens is 1. The monoisotopic (exact) mass is 448 g/mol. The number of hydrogen-bond donors (Lipinski definition) is 5. The highest BCUT2D eigenvalue weighted by Crippen LogP contribution is 2.34. The quantitative estimate of drug-likeness (QED) is 0.437. The molecule has 33 heavy (non-hydrogen) atoms. The Morgan fingerprint density at radius 1 is 1.36 bits per heavy atom. The number of ether oxygens (including phenoxy) is 1.